The Balaban J connectivity index is 1.41. The molecule has 27 heavy (non-hydrogen) atoms. The number of likely N-dealkylation sites (tertiary alicyclic amines) is 1. The molecule has 2 fully saturated rings. The number of piperidine rings is 1. The van der Waals surface area contributed by atoms with Crippen molar-refractivity contribution in [2.24, 2.45) is 4.99 Å². The predicted molar refractivity (Wildman–Crippen MR) is 96.8 cm³/mol. The summed E-state index contributed by atoms with van der Waals surface area (Å²) in [5.74, 6) is 0.677. The van der Waals surface area contributed by atoms with Gasteiger partial charge in [-0.15, -0.1) is 11.3 Å². The summed E-state index contributed by atoms with van der Waals surface area (Å²) < 4.78 is 49.4. The molecular weight excluding hydrogens is 381 g/mol. The number of rotatable bonds is 5. The van der Waals surface area contributed by atoms with E-state index in [0.717, 1.165) is 62.1 Å². The van der Waals surface area contributed by atoms with Crippen LogP contribution in [0.15, 0.2) is 10.4 Å². The number of guanidine groups is 1. The van der Waals surface area contributed by atoms with E-state index in [0.29, 0.717) is 17.6 Å². The largest absolute Gasteiger partial charge is 0.434 e. The van der Waals surface area contributed by atoms with E-state index in [2.05, 4.69) is 20.2 Å². The van der Waals surface area contributed by atoms with Crippen molar-refractivity contribution in [1.82, 2.24) is 15.2 Å². The van der Waals surface area contributed by atoms with Crippen molar-refractivity contribution in [2.45, 2.75) is 50.6 Å². The zero-order chi connectivity index (χ0) is 19.3. The van der Waals surface area contributed by atoms with Crippen LogP contribution < -0.4 is 5.32 Å². The van der Waals surface area contributed by atoms with Crippen molar-refractivity contribution in [2.75, 3.05) is 33.4 Å². The number of thiazole rings is 1. The second-order valence-electron chi connectivity index (χ2n) is 6.68. The van der Waals surface area contributed by atoms with Gasteiger partial charge in [-0.05, 0) is 25.7 Å². The van der Waals surface area contributed by atoms with Crippen LogP contribution in [-0.4, -0.2) is 61.4 Å². The molecule has 0 bridgehead atoms. The van der Waals surface area contributed by atoms with E-state index < -0.39 is 11.9 Å². The summed E-state index contributed by atoms with van der Waals surface area (Å²) in [6.45, 7) is 3.30. The first kappa shape index (κ1) is 20.3. The first-order chi connectivity index (χ1) is 13.0. The standard InChI is InChI=1S/C17H25F3N4O2S/c1-21-16(22-9-15-23-14(11-27-15)17(18,19)20)24-6-4-12(5-7-24)26-10-13-3-2-8-25-13/h11-13H,2-10H2,1H3,(H,21,22). The molecule has 0 spiro atoms. The maximum atomic E-state index is 12.6. The average molecular weight is 406 g/mol. The monoisotopic (exact) mass is 406 g/mol. The molecule has 3 rings (SSSR count). The van der Waals surface area contributed by atoms with Crippen LogP contribution in [0.1, 0.15) is 36.4 Å². The van der Waals surface area contributed by atoms with E-state index in [9.17, 15) is 13.2 Å². The van der Waals surface area contributed by atoms with E-state index in [4.69, 9.17) is 9.47 Å². The second kappa shape index (κ2) is 9.20. The Morgan fingerprint density at radius 2 is 2.19 bits per heavy atom. The van der Waals surface area contributed by atoms with Crippen molar-refractivity contribution < 1.29 is 22.6 Å². The number of aliphatic imine (C=N–C) groups is 1. The van der Waals surface area contributed by atoms with Gasteiger partial charge in [0.1, 0.15) is 5.01 Å². The number of halogens is 3. The van der Waals surface area contributed by atoms with Crippen molar-refractivity contribution in [3.05, 3.63) is 16.1 Å². The average Bonchev–Trinajstić information content (AvgIpc) is 3.33. The third-order valence-electron chi connectivity index (χ3n) is 4.74. The minimum atomic E-state index is -4.40. The van der Waals surface area contributed by atoms with E-state index in [1.807, 2.05) is 0 Å². The van der Waals surface area contributed by atoms with Gasteiger partial charge in [0.15, 0.2) is 11.7 Å². The lowest BCUT2D eigenvalue weighted by molar-refractivity contribution is -0.140. The van der Waals surface area contributed by atoms with Crippen LogP contribution in [0.4, 0.5) is 13.2 Å². The van der Waals surface area contributed by atoms with E-state index in [1.165, 1.54) is 0 Å². The summed E-state index contributed by atoms with van der Waals surface area (Å²) in [5.41, 5.74) is -0.844. The fourth-order valence-corrected chi connectivity index (χ4v) is 4.00. The third kappa shape index (κ3) is 5.79. The SMILES string of the molecule is CN=C(NCc1nc(C(F)(F)F)cs1)N1CCC(OCC2CCCO2)CC1. The fraction of sp³-hybridized carbons (Fsp3) is 0.765. The number of aromatic nitrogens is 1. The summed E-state index contributed by atoms with van der Waals surface area (Å²) >= 11 is 0.996. The minimum absolute atomic E-state index is 0.219. The molecule has 1 unspecified atom stereocenters. The van der Waals surface area contributed by atoms with Crippen LogP contribution in [0.3, 0.4) is 0 Å². The van der Waals surface area contributed by atoms with E-state index in [-0.39, 0.29) is 18.8 Å². The van der Waals surface area contributed by atoms with Gasteiger partial charge in [0.05, 0.1) is 25.4 Å². The summed E-state index contributed by atoms with van der Waals surface area (Å²) in [6, 6.07) is 0. The smallest absolute Gasteiger partial charge is 0.376 e. The molecule has 0 saturated carbocycles. The molecule has 10 heteroatoms. The quantitative estimate of drug-likeness (QED) is 0.602. The Morgan fingerprint density at radius 3 is 2.78 bits per heavy atom. The minimum Gasteiger partial charge on any atom is -0.376 e. The Hall–Kier alpha value is -1.39. The third-order valence-corrected chi connectivity index (χ3v) is 5.58. The topological polar surface area (TPSA) is 59.0 Å². The van der Waals surface area contributed by atoms with Crippen molar-refractivity contribution in [1.29, 1.82) is 0 Å². The Bertz CT molecular complexity index is 624. The highest BCUT2D eigenvalue weighted by Crippen LogP contribution is 2.30. The van der Waals surface area contributed by atoms with Gasteiger partial charge < -0.3 is 19.7 Å². The Kier molecular flexibility index (Phi) is 6.93. The van der Waals surface area contributed by atoms with Gasteiger partial charge >= 0.3 is 6.18 Å². The van der Waals surface area contributed by atoms with Crippen molar-refractivity contribution >= 4 is 17.3 Å². The maximum Gasteiger partial charge on any atom is 0.434 e. The first-order valence-electron chi connectivity index (χ1n) is 9.16. The fourth-order valence-electron chi connectivity index (χ4n) is 3.26. The highest BCUT2D eigenvalue weighted by molar-refractivity contribution is 7.09. The molecule has 0 aliphatic carbocycles. The Morgan fingerprint density at radius 1 is 1.41 bits per heavy atom. The molecule has 3 heterocycles. The summed E-state index contributed by atoms with van der Waals surface area (Å²) in [4.78, 5) is 9.98. The molecule has 0 amide bonds. The van der Waals surface area contributed by atoms with Crippen LogP contribution >= 0.6 is 11.3 Å². The molecule has 2 aliphatic rings. The molecule has 152 valence electrons. The number of alkyl halides is 3. The molecule has 1 atom stereocenters. The number of hydrogen-bond donors (Lipinski definition) is 1. The molecule has 0 aromatic carbocycles. The Labute approximate surface area is 160 Å². The molecule has 1 aromatic heterocycles. The zero-order valence-corrected chi connectivity index (χ0v) is 16.1. The van der Waals surface area contributed by atoms with Crippen LogP contribution in [0, 0.1) is 0 Å². The van der Waals surface area contributed by atoms with Crippen LogP contribution in [0.2, 0.25) is 0 Å². The van der Waals surface area contributed by atoms with Gasteiger partial charge in [0.25, 0.3) is 0 Å². The normalized spacial score (nSPS) is 22.4. The molecule has 0 radical (unpaired) electrons. The maximum absolute atomic E-state index is 12.6. The highest BCUT2D eigenvalue weighted by atomic mass is 32.1. The number of nitrogens with one attached hydrogen (secondary N) is 1. The molecule has 2 saturated heterocycles. The first-order valence-corrected chi connectivity index (χ1v) is 10.0. The number of ether oxygens (including phenoxy) is 2. The van der Waals surface area contributed by atoms with Gasteiger partial charge in [-0.2, -0.15) is 13.2 Å². The van der Waals surface area contributed by atoms with E-state index in [1.54, 1.807) is 7.05 Å². The van der Waals surface area contributed by atoms with Crippen LogP contribution in [-0.2, 0) is 22.2 Å². The highest BCUT2D eigenvalue weighted by Gasteiger charge is 2.33. The molecule has 6 nitrogen and oxygen atoms in total. The molecule has 1 aromatic rings. The lowest BCUT2D eigenvalue weighted by atomic mass is 10.1. The van der Waals surface area contributed by atoms with Gasteiger partial charge in [0, 0.05) is 32.1 Å². The summed E-state index contributed by atoms with van der Waals surface area (Å²) in [5, 5.41) is 4.53. The van der Waals surface area contributed by atoms with Crippen molar-refractivity contribution in [3.63, 3.8) is 0 Å². The summed E-state index contributed by atoms with van der Waals surface area (Å²) in [6.07, 6.45) is 0.0163. The lowest BCUT2D eigenvalue weighted by Crippen LogP contribution is -2.47. The van der Waals surface area contributed by atoms with Gasteiger partial charge in [-0.25, -0.2) is 4.98 Å². The molecular formula is C17H25F3N4O2S. The number of hydrogen-bond acceptors (Lipinski definition) is 5. The van der Waals surface area contributed by atoms with Crippen LogP contribution in [0.5, 0.6) is 0 Å². The molecule has 1 N–H and O–H groups in total. The second-order valence-corrected chi connectivity index (χ2v) is 7.62. The van der Waals surface area contributed by atoms with Crippen molar-refractivity contribution in [3.8, 4) is 0 Å². The number of nitrogens with zero attached hydrogens (tertiary/aromatic N) is 3. The summed E-state index contributed by atoms with van der Waals surface area (Å²) in [7, 11) is 1.67. The zero-order valence-electron chi connectivity index (χ0n) is 15.3. The van der Waals surface area contributed by atoms with Crippen LogP contribution in [0.25, 0.3) is 0 Å². The van der Waals surface area contributed by atoms with E-state index >= 15 is 0 Å². The van der Waals surface area contributed by atoms with Gasteiger partial charge in [-0.3, -0.25) is 4.99 Å². The lowest BCUT2D eigenvalue weighted by Gasteiger charge is -2.34. The van der Waals surface area contributed by atoms with Gasteiger partial charge in [0.2, 0.25) is 0 Å². The molecule has 2 aliphatic heterocycles. The van der Waals surface area contributed by atoms with Gasteiger partial charge in [-0.1, -0.05) is 0 Å². The predicted octanol–water partition coefficient (Wildman–Crippen LogP) is 2.90.